The van der Waals surface area contributed by atoms with Crippen LogP contribution in [0.15, 0.2) is 48.5 Å². The van der Waals surface area contributed by atoms with Gasteiger partial charge in [0, 0.05) is 18.7 Å². The number of nitrogens with one attached hydrogen (secondary N) is 1. The number of nitrogens with zero attached hydrogens (tertiary/aromatic N) is 1. The van der Waals surface area contributed by atoms with E-state index in [-0.39, 0.29) is 5.91 Å². The second-order valence-corrected chi connectivity index (χ2v) is 7.72. The summed E-state index contributed by atoms with van der Waals surface area (Å²) in [4.78, 5) is 17.6. The minimum atomic E-state index is -0.131. The number of methoxy groups -OCH3 is 1. The summed E-state index contributed by atoms with van der Waals surface area (Å²) in [6, 6.07) is 15.1. The topological polar surface area (TPSA) is 60.5 Å². The van der Waals surface area contributed by atoms with Crippen molar-refractivity contribution >= 4 is 28.8 Å². The zero-order chi connectivity index (χ0) is 19.9. The first-order valence-corrected chi connectivity index (χ1v) is 9.94. The highest BCUT2D eigenvalue weighted by molar-refractivity contribution is 7.13. The maximum atomic E-state index is 12.5. The first-order valence-electron chi connectivity index (χ1n) is 8.75. The first kappa shape index (κ1) is 20.3. The molecular weight excluding hydrogens is 396 g/mol. The Morgan fingerprint density at radius 2 is 1.75 bits per heavy atom. The predicted molar refractivity (Wildman–Crippen MR) is 111 cm³/mol. The van der Waals surface area contributed by atoms with E-state index in [0.717, 1.165) is 16.1 Å². The summed E-state index contributed by atoms with van der Waals surface area (Å²) < 4.78 is 10.8. The van der Waals surface area contributed by atoms with Crippen LogP contribution < -0.4 is 10.1 Å². The third-order valence-corrected chi connectivity index (χ3v) is 5.39. The molecule has 0 atom stereocenters. The van der Waals surface area contributed by atoms with Crippen LogP contribution in [-0.2, 0) is 24.5 Å². The van der Waals surface area contributed by atoms with Crippen molar-refractivity contribution < 1.29 is 14.3 Å². The molecule has 1 aromatic heterocycles. The molecule has 0 aliphatic heterocycles. The van der Waals surface area contributed by atoms with Crippen molar-refractivity contribution in [2.24, 2.45) is 0 Å². The number of ether oxygens (including phenoxy) is 2. The number of benzene rings is 2. The Balaban J connectivity index is 1.55. The minimum Gasteiger partial charge on any atom is -0.486 e. The van der Waals surface area contributed by atoms with Crippen LogP contribution in [0.25, 0.3) is 0 Å². The fourth-order valence-electron chi connectivity index (χ4n) is 2.58. The number of aromatic nitrogens is 1. The van der Waals surface area contributed by atoms with E-state index in [4.69, 9.17) is 21.1 Å². The van der Waals surface area contributed by atoms with Crippen LogP contribution in [0.4, 0.5) is 0 Å². The van der Waals surface area contributed by atoms with Gasteiger partial charge in [0.05, 0.1) is 12.3 Å². The second-order valence-electron chi connectivity index (χ2n) is 6.20. The van der Waals surface area contributed by atoms with E-state index in [0.29, 0.717) is 41.1 Å². The normalized spacial score (nSPS) is 10.7. The van der Waals surface area contributed by atoms with Gasteiger partial charge in [-0.25, -0.2) is 4.98 Å². The monoisotopic (exact) mass is 416 g/mol. The van der Waals surface area contributed by atoms with Gasteiger partial charge < -0.3 is 14.8 Å². The van der Waals surface area contributed by atoms with Gasteiger partial charge in [-0.1, -0.05) is 35.9 Å². The molecule has 1 heterocycles. The molecule has 5 nitrogen and oxygen atoms in total. The maximum absolute atomic E-state index is 12.5. The highest BCUT2D eigenvalue weighted by atomic mass is 35.5. The van der Waals surface area contributed by atoms with Gasteiger partial charge in [-0.3, -0.25) is 4.79 Å². The lowest BCUT2D eigenvalue weighted by molar-refractivity contribution is 0.0954. The third-order valence-electron chi connectivity index (χ3n) is 4.01. The lowest BCUT2D eigenvalue weighted by atomic mass is 10.1. The summed E-state index contributed by atoms with van der Waals surface area (Å²) in [6.45, 7) is 3.17. The van der Waals surface area contributed by atoms with Crippen LogP contribution in [0.1, 0.15) is 31.5 Å². The molecule has 0 aliphatic rings. The van der Waals surface area contributed by atoms with E-state index in [1.165, 1.54) is 11.3 Å². The summed E-state index contributed by atoms with van der Waals surface area (Å²) in [5.74, 6) is 0.578. The highest BCUT2D eigenvalue weighted by Gasteiger charge is 2.15. The van der Waals surface area contributed by atoms with Crippen LogP contribution in [0.3, 0.4) is 0 Å². The number of hydrogen-bond acceptors (Lipinski definition) is 5. The molecule has 0 saturated carbocycles. The Kier molecular flexibility index (Phi) is 7.03. The molecule has 7 heteroatoms. The number of carbonyl (C=O) groups is 1. The van der Waals surface area contributed by atoms with Crippen molar-refractivity contribution in [3.05, 3.63) is 80.3 Å². The van der Waals surface area contributed by atoms with E-state index in [1.807, 2.05) is 31.2 Å². The molecule has 3 aromatic rings. The van der Waals surface area contributed by atoms with E-state index in [9.17, 15) is 4.79 Å². The van der Waals surface area contributed by atoms with Crippen molar-refractivity contribution in [2.75, 3.05) is 7.11 Å². The summed E-state index contributed by atoms with van der Waals surface area (Å²) >= 11 is 7.21. The largest absolute Gasteiger partial charge is 0.486 e. The third kappa shape index (κ3) is 5.55. The molecule has 1 amide bonds. The Morgan fingerprint density at radius 1 is 1.07 bits per heavy atom. The quantitative estimate of drug-likeness (QED) is 0.575. The van der Waals surface area contributed by atoms with Crippen molar-refractivity contribution in [1.29, 1.82) is 0 Å². The lowest BCUT2D eigenvalue weighted by Gasteiger charge is -2.06. The summed E-state index contributed by atoms with van der Waals surface area (Å²) in [7, 11) is 1.67. The van der Waals surface area contributed by atoms with Crippen LogP contribution in [0.5, 0.6) is 5.75 Å². The Morgan fingerprint density at radius 3 is 2.43 bits per heavy atom. The van der Waals surface area contributed by atoms with E-state index in [1.54, 1.807) is 31.4 Å². The molecule has 0 saturated heterocycles. The summed E-state index contributed by atoms with van der Waals surface area (Å²) in [6.07, 6.45) is 0. The SMILES string of the molecule is COCc1ccc(CNC(=O)c2sc(COc3ccc(Cl)cc3)nc2C)cc1. The van der Waals surface area contributed by atoms with E-state index >= 15 is 0 Å². The van der Waals surface area contributed by atoms with Crippen molar-refractivity contribution in [3.63, 3.8) is 0 Å². The van der Waals surface area contributed by atoms with Crippen LogP contribution >= 0.6 is 22.9 Å². The zero-order valence-corrected chi connectivity index (χ0v) is 17.3. The van der Waals surface area contributed by atoms with Gasteiger partial charge >= 0.3 is 0 Å². The maximum Gasteiger partial charge on any atom is 0.263 e. The predicted octanol–water partition coefficient (Wildman–Crippen LogP) is 4.76. The van der Waals surface area contributed by atoms with Crippen LogP contribution in [0.2, 0.25) is 5.02 Å². The molecule has 0 unspecified atom stereocenters. The first-order chi connectivity index (χ1) is 13.5. The molecule has 1 N–H and O–H groups in total. The molecule has 0 radical (unpaired) electrons. The van der Waals surface area contributed by atoms with Crippen LogP contribution in [0, 0.1) is 6.92 Å². The Labute approximate surface area is 173 Å². The number of halogens is 1. The average Bonchev–Trinajstić information content (AvgIpc) is 3.08. The molecule has 2 aromatic carbocycles. The van der Waals surface area contributed by atoms with Crippen molar-refractivity contribution in [3.8, 4) is 5.75 Å². The molecule has 0 spiro atoms. The van der Waals surface area contributed by atoms with Crippen molar-refractivity contribution in [1.82, 2.24) is 10.3 Å². The van der Waals surface area contributed by atoms with Gasteiger partial charge in [-0.05, 0) is 42.3 Å². The molecule has 0 fully saturated rings. The molecule has 0 bridgehead atoms. The number of hydrogen-bond donors (Lipinski definition) is 1. The summed E-state index contributed by atoms with van der Waals surface area (Å²) in [5, 5.41) is 4.35. The number of aryl methyl sites for hydroxylation is 1. The number of amides is 1. The van der Waals surface area contributed by atoms with E-state index < -0.39 is 0 Å². The van der Waals surface area contributed by atoms with Crippen LogP contribution in [-0.4, -0.2) is 18.0 Å². The van der Waals surface area contributed by atoms with E-state index in [2.05, 4.69) is 10.3 Å². The van der Waals surface area contributed by atoms with Gasteiger partial charge in [0.2, 0.25) is 0 Å². The summed E-state index contributed by atoms with van der Waals surface area (Å²) in [5.41, 5.74) is 2.83. The molecule has 3 rings (SSSR count). The fourth-order valence-corrected chi connectivity index (χ4v) is 3.60. The Hall–Kier alpha value is -2.41. The zero-order valence-electron chi connectivity index (χ0n) is 15.7. The highest BCUT2D eigenvalue weighted by Crippen LogP contribution is 2.21. The molecule has 146 valence electrons. The molecule has 0 aliphatic carbocycles. The van der Waals surface area contributed by atoms with Crippen molar-refractivity contribution in [2.45, 2.75) is 26.7 Å². The number of thiazole rings is 1. The lowest BCUT2D eigenvalue weighted by Crippen LogP contribution is -2.22. The second kappa shape index (κ2) is 9.68. The van der Waals surface area contributed by atoms with Gasteiger partial charge in [0.1, 0.15) is 22.2 Å². The molecule has 28 heavy (non-hydrogen) atoms. The van der Waals surface area contributed by atoms with Gasteiger partial charge in [-0.15, -0.1) is 11.3 Å². The van der Waals surface area contributed by atoms with Gasteiger partial charge in [0.15, 0.2) is 0 Å². The smallest absolute Gasteiger partial charge is 0.263 e. The minimum absolute atomic E-state index is 0.131. The fraction of sp³-hybridized carbons (Fsp3) is 0.238. The number of carbonyl (C=O) groups excluding carboxylic acids is 1. The molecular formula is C21H21ClN2O3S. The standard InChI is InChI=1S/C21H21ClN2O3S/c1-14-20(21(25)23-11-15-3-5-16(6-4-15)12-26-2)28-19(24-14)13-27-18-9-7-17(22)8-10-18/h3-10H,11-13H2,1-2H3,(H,23,25). The number of rotatable bonds is 8. The van der Waals surface area contributed by atoms with Gasteiger partial charge in [0.25, 0.3) is 5.91 Å². The average molecular weight is 417 g/mol. The van der Waals surface area contributed by atoms with Gasteiger partial charge in [-0.2, -0.15) is 0 Å². The Bertz CT molecular complexity index is 924.